The Morgan fingerprint density at radius 2 is 1.76 bits per heavy atom. The van der Waals surface area contributed by atoms with Gasteiger partial charge < -0.3 is 39.2 Å². The van der Waals surface area contributed by atoms with Gasteiger partial charge in [-0.05, 0) is 92.3 Å². The predicted octanol–water partition coefficient (Wildman–Crippen LogP) is 5.10. The van der Waals surface area contributed by atoms with E-state index in [0.717, 1.165) is 60.3 Å². The van der Waals surface area contributed by atoms with E-state index in [1.165, 1.54) is 12.8 Å². The topological polar surface area (TPSA) is 93.1 Å². The Morgan fingerprint density at radius 3 is 2.44 bits per heavy atom. The second-order valence-corrected chi connectivity index (χ2v) is 11.5. The van der Waals surface area contributed by atoms with Crippen LogP contribution in [0, 0.1) is 13.8 Å². The van der Waals surface area contributed by atoms with Gasteiger partial charge in [0.2, 0.25) is 5.91 Å². The smallest absolute Gasteiger partial charge is 0.250 e. The number of amides is 1. The highest BCUT2D eigenvalue weighted by Crippen LogP contribution is 2.45. The molecular formula is C34H38N6O4S. The van der Waals surface area contributed by atoms with Crippen LogP contribution in [0.3, 0.4) is 0 Å². The summed E-state index contributed by atoms with van der Waals surface area (Å²) >= 11 is 5.99. The molecule has 2 fully saturated rings. The van der Waals surface area contributed by atoms with Crippen LogP contribution >= 0.6 is 12.2 Å². The second kappa shape index (κ2) is 13.3. The third-order valence-electron chi connectivity index (χ3n) is 8.38. The minimum absolute atomic E-state index is 0.0686. The van der Waals surface area contributed by atoms with E-state index < -0.39 is 0 Å². The number of nitrogens with one attached hydrogen (secondary N) is 2. The molecule has 45 heavy (non-hydrogen) atoms. The molecule has 2 saturated heterocycles. The third-order valence-corrected chi connectivity index (χ3v) is 8.70. The van der Waals surface area contributed by atoms with Crippen LogP contribution in [0.4, 0.5) is 17.1 Å². The highest BCUT2D eigenvalue weighted by atomic mass is 32.1. The number of anilines is 3. The van der Waals surface area contributed by atoms with Gasteiger partial charge in [0.05, 0.1) is 43.8 Å². The monoisotopic (exact) mass is 626 g/mol. The van der Waals surface area contributed by atoms with Crippen LogP contribution in [0.2, 0.25) is 0 Å². The lowest BCUT2D eigenvalue weighted by atomic mass is 9.96. The summed E-state index contributed by atoms with van der Waals surface area (Å²) in [4.78, 5) is 21.6. The van der Waals surface area contributed by atoms with Gasteiger partial charge in [0.1, 0.15) is 12.4 Å². The maximum absolute atomic E-state index is 12.5. The number of methoxy groups -OCH3 is 2. The van der Waals surface area contributed by atoms with Gasteiger partial charge >= 0.3 is 0 Å². The van der Waals surface area contributed by atoms with Gasteiger partial charge in [-0.25, -0.2) is 0 Å². The molecule has 2 aromatic heterocycles. The minimum atomic E-state index is -0.277. The Labute approximate surface area is 268 Å². The number of aryl methyl sites for hydroxylation is 1. The molecule has 2 atom stereocenters. The van der Waals surface area contributed by atoms with Crippen molar-refractivity contribution in [2.24, 2.45) is 0 Å². The van der Waals surface area contributed by atoms with Gasteiger partial charge in [-0.15, -0.1) is 0 Å². The summed E-state index contributed by atoms with van der Waals surface area (Å²) in [6.07, 6.45) is 1.80. The summed E-state index contributed by atoms with van der Waals surface area (Å²) in [7, 11) is 3.06. The SMILES string of the molecule is COCC(=O)Nc1cc(N2C(=S)NC(c3ccccn3)C2c2cc(C)n(-c3ccc(N4CCOCC4)cc3)c2C)ccc1OC. The predicted molar refractivity (Wildman–Crippen MR) is 180 cm³/mol. The van der Waals surface area contributed by atoms with E-state index in [4.69, 9.17) is 31.4 Å². The number of carbonyl (C=O) groups is 1. The standard InChI is InChI=1S/C34H38N6O4S/c1-22-19-27(23(2)39(22)25-10-8-24(9-11-25)38-15-17-44-18-16-38)33-32(28-7-5-6-14-35-28)37-34(45)40(33)26-12-13-30(43-4)29(20-26)36-31(41)21-42-3/h5-14,19-20,32-33H,15-18,21H2,1-4H3,(H,36,41)(H,37,45). The minimum Gasteiger partial charge on any atom is -0.495 e. The number of pyridine rings is 1. The molecular weight excluding hydrogens is 588 g/mol. The lowest BCUT2D eigenvalue weighted by Gasteiger charge is -2.29. The molecule has 2 aliphatic heterocycles. The van der Waals surface area contributed by atoms with Crippen molar-refractivity contribution in [2.75, 3.05) is 62.2 Å². The molecule has 0 radical (unpaired) electrons. The van der Waals surface area contributed by atoms with Gasteiger partial charge in [-0.3, -0.25) is 9.78 Å². The van der Waals surface area contributed by atoms with Crippen molar-refractivity contribution >= 4 is 40.3 Å². The van der Waals surface area contributed by atoms with Crippen molar-refractivity contribution in [2.45, 2.75) is 25.9 Å². The Kier molecular flexibility index (Phi) is 9.02. The molecule has 0 aliphatic carbocycles. The first-order chi connectivity index (χ1) is 21.9. The summed E-state index contributed by atoms with van der Waals surface area (Å²) in [5.41, 5.74) is 7.86. The van der Waals surface area contributed by atoms with Crippen molar-refractivity contribution in [3.05, 3.63) is 95.6 Å². The molecule has 2 aromatic carbocycles. The van der Waals surface area contributed by atoms with Crippen molar-refractivity contribution < 1.29 is 19.0 Å². The number of carbonyl (C=O) groups excluding carboxylic acids is 1. The van der Waals surface area contributed by atoms with Crippen LogP contribution < -0.4 is 25.2 Å². The summed E-state index contributed by atoms with van der Waals surface area (Å²) in [5.74, 6) is 0.263. The van der Waals surface area contributed by atoms with E-state index >= 15 is 0 Å². The molecule has 2 unspecified atom stereocenters. The highest BCUT2D eigenvalue weighted by molar-refractivity contribution is 7.80. The fourth-order valence-corrected chi connectivity index (χ4v) is 6.67. The fraction of sp³-hybridized carbons (Fsp3) is 0.324. The molecule has 11 heteroatoms. The van der Waals surface area contributed by atoms with Crippen LogP contribution in [0.1, 0.15) is 34.7 Å². The van der Waals surface area contributed by atoms with Gasteiger partial charge in [-0.2, -0.15) is 0 Å². The lowest BCUT2D eigenvalue weighted by Crippen LogP contribution is -2.36. The summed E-state index contributed by atoms with van der Waals surface area (Å²) in [5, 5.41) is 7.02. The second-order valence-electron chi connectivity index (χ2n) is 11.1. The summed E-state index contributed by atoms with van der Waals surface area (Å²) in [6.45, 7) is 7.51. The summed E-state index contributed by atoms with van der Waals surface area (Å²) in [6, 6.07) is 22.1. The molecule has 4 aromatic rings. The Hall–Kier alpha value is -4.45. The van der Waals surface area contributed by atoms with E-state index in [1.54, 1.807) is 13.3 Å². The molecule has 4 heterocycles. The average molecular weight is 627 g/mol. The highest BCUT2D eigenvalue weighted by Gasteiger charge is 2.42. The number of nitrogens with zero attached hydrogens (tertiary/aromatic N) is 4. The number of benzene rings is 2. The summed E-state index contributed by atoms with van der Waals surface area (Å²) < 4.78 is 18.4. The molecule has 10 nitrogen and oxygen atoms in total. The zero-order valence-corrected chi connectivity index (χ0v) is 26.8. The Bertz CT molecular complexity index is 1670. The van der Waals surface area contributed by atoms with Crippen LogP contribution in [0.15, 0.2) is 72.9 Å². The molecule has 0 spiro atoms. The molecule has 6 rings (SSSR count). The van der Waals surface area contributed by atoms with Crippen LogP contribution in [-0.4, -0.2) is 67.7 Å². The first-order valence-electron chi connectivity index (χ1n) is 15.0. The number of thiocarbonyl (C=S) groups is 1. The van der Waals surface area contributed by atoms with Gasteiger partial charge in [0, 0.05) is 54.8 Å². The van der Waals surface area contributed by atoms with Gasteiger partial charge in [-0.1, -0.05) is 6.07 Å². The van der Waals surface area contributed by atoms with Crippen molar-refractivity contribution in [1.82, 2.24) is 14.9 Å². The van der Waals surface area contributed by atoms with E-state index in [2.05, 4.69) is 69.2 Å². The molecule has 2 N–H and O–H groups in total. The number of hydrogen-bond acceptors (Lipinski definition) is 7. The number of rotatable bonds is 9. The number of aromatic nitrogens is 2. The zero-order chi connectivity index (χ0) is 31.5. The normalized spacial score (nSPS) is 18.2. The van der Waals surface area contributed by atoms with Crippen LogP contribution in [0.5, 0.6) is 5.75 Å². The van der Waals surface area contributed by atoms with Gasteiger partial charge in [0.15, 0.2) is 5.11 Å². The van der Waals surface area contributed by atoms with Gasteiger partial charge in [0.25, 0.3) is 0 Å². The molecule has 234 valence electrons. The van der Waals surface area contributed by atoms with Crippen LogP contribution in [0.25, 0.3) is 5.69 Å². The molecule has 0 bridgehead atoms. The third kappa shape index (κ3) is 6.11. The first-order valence-corrected chi connectivity index (χ1v) is 15.4. The maximum atomic E-state index is 12.5. The molecule has 2 aliphatic rings. The first kappa shape index (κ1) is 30.6. The van der Waals surface area contributed by atoms with Crippen molar-refractivity contribution in [1.29, 1.82) is 0 Å². The quantitative estimate of drug-likeness (QED) is 0.246. The lowest BCUT2D eigenvalue weighted by molar-refractivity contribution is -0.119. The van der Waals surface area contributed by atoms with E-state index in [1.807, 2.05) is 36.4 Å². The average Bonchev–Trinajstić information content (AvgIpc) is 3.56. The largest absolute Gasteiger partial charge is 0.495 e. The van der Waals surface area contributed by atoms with E-state index in [0.29, 0.717) is 16.5 Å². The van der Waals surface area contributed by atoms with Crippen molar-refractivity contribution in [3.8, 4) is 11.4 Å². The maximum Gasteiger partial charge on any atom is 0.250 e. The van der Waals surface area contributed by atoms with E-state index in [9.17, 15) is 4.79 Å². The van der Waals surface area contributed by atoms with Crippen molar-refractivity contribution in [3.63, 3.8) is 0 Å². The molecule has 1 amide bonds. The Morgan fingerprint density at radius 1 is 1.02 bits per heavy atom. The number of morpholine rings is 1. The number of ether oxygens (including phenoxy) is 3. The fourth-order valence-electron chi connectivity index (χ4n) is 6.33. The van der Waals surface area contributed by atoms with E-state index in [-0.39, 0.29) is 24.6 Å². The Balaban J connectivity index is 1.41. The number of hydrogen-bond donors (Lipinski definition) is 2. The zero-order valence-electron chi connectivity index (χ0n) is 25.9. The molecule has 0 saturated carbocycles. The van der Waals surface area contributed by atoms with Crippen LogP contribution in [-0.2, 0) is 14.3 Å².